The summed E-state index contributed by atoms with van der Waals surface area (Å²) >= 11 is 0. The number of hydrogen-bond acceptors (Lipinski definition) is 2. The quantitative estimate of drug-likeness (QED) is 0.902. The van der Waals surface area contributed by atoms with E-state index in [0.29, 0.717) is 6.42 Å². The van der Waals surface area contributed by atoms with E-state index in [1.165, 1.54) is 12.1 Å². The molecule has 1 aliphatic rings. The zero-order chi connectivity index (χ0) is 13.4. The maximum atomic E-state index is 13.6. The smallest absolute Gasteiger partial charge is 0.200 e. The van der Waals surface area contributed by atoms with Crippen molar-refractivity contribution >= 4 is 0 Å². The van der Waals surface area contributed by atoms with Crippen molar-refractivity contribution in [1.82, 2.24) is 0 Å². The monoisotopic (exact) mass is 261 g/mol. The first kappa shape index (κ1) is 12.1. The summed E-state index contributed by atoms with van der Waals surface area (Å²) in [4.78, 5) is 0. The molecule has 3 rings (SSSR count). The lowest BCUT2D eigenvalue weighted by Gasteiger charge is -2.18. The average molecular weight is 261 g/mol. The van der Waals surface area contributed by atoms with E-state index >= 15 is 0 Å². The number of hydrogen-bond donors (Lipinski definition) is 1. The third-order valence-corrected chi connectivity index (χ3v) is 3.43. The van der Waals surface area contributed by atoms with Crippen molar-refractivity contribution in [2.75, 3.05) is 0 Å². The first-order valence-electron chi connectivity index (χ1n) is 6.11. The number of nitrogens with two attached hydrogens (primary N) is 1. The topological polar surface area (TPSA) is 35.2 Å². The van der Waals surface area contributed by atoms with E-state index in [1.807, 2.05) is 24.3 Å². The molecule has 0 bridgehead atoms. The molecule has 0 spiro atoms. The predicted molar refractivity (Wildman–Crippen MR) is 67.8 cm³/mol. The molecule has 2 aromatic carbocycles. The molecule has 0 saturated carbocycles. The summed E-state index contributed by atoms with van der Waals surface area (Å²) in [5, 5.41) is 0. The van der Waals surface area contributed by atoms with Crippen LogP contribution in [0.4, 0.5) is 8.78 Å². The largest absolute Gasteiger partial charge is 0.485 e. The Morgan fingerprint density at radius 3 is 2.63 bits per heavy atom. The van der Waals surface area contributed by atoms with Gasteiger partial charge in [-0.25, -0.2) is 4.39 Å². The van der Waals surface area contributed by atoms with Crippen LogP contribution in [0.25, 0.3) is 0 Å². The highest BCUT2D eigenvalue weighted by Crippen LogP contribution is 2.33. The van der Waals surface area contributed by atoms with Crippen LogP contribution in [0.3, 0.4) is 0 Å². The molecule has 0 fully saturated rings. The van der Waals surface area contributed by atoms with Crippen LogP contribution < -0.4 is 10.5 Å². The molecule has 0 heterocycles. The van der Waals surface area contributed by atoms with Gasteiger partial charge < -0.3 is 10.5 Å². The van der Waals surface area contributed by atoms with Crippen molar-refractivity contribution in [3.8, 4) is 5.75 Å². The lowest BCUT2D eigenvalue weighted by atomic mass is 10.1. The predicted octanol–water partition coefficient (Wildman–Crippen LogP) is 2.97. The Morgan fingerprint density at radius 1 is 1.05 bits per heavy atom. The van der Waals surface area contributed by atoms with E-state index in [1.54, 1.807) is 0 Å². The average Bonchev–Trinajstić information content (AvgIpc) is 2.73. The maximum absolute atomic E-state index is 13.6. The molecule has 98 valence electrons. The fourth-order valence-corrected chi connectivity index (χ4v) is 2.44. The molecule has 0 aliphatic heterocycles. The van der Waals surface area contributed by atoms with Gasteiger partial charge in [0.15, 0.2) is 11.6 Å². The van der Waals surface area contributed by atoms with Crippen LogP contribution in [0, 0.1) is 11.6 Å². The summed E-state index contributed by atoms with van der Waals surface area (Å²) in [6.45, 7) is 0. The second-order valence-electron chi connectivity index (χ2n) is 4.64. The molecule has 2 aromatic rings. The van der Waals surface area contributed by atoms with Crippen LogP contribution in [0.1, 0.15) is 17.2 Å². The van der Waals surface area contributed by atoms with Gasteiger partial charge in [-0.15, -0.1) is 0 Å². The third-order valence-electron chi connectivity index (χ3n) is 3.43. The third kappa shape index (κ3) is 2.08. The SMILES string of the molecule is NC1c2ccccc2CC1Oc1cccc(F)c1F. The highest BCUT2D eigenvalue weighted by atomic mass is 19.2. The van der Waals surface area contributed by atoms with Crippen LogP contribution in [-0.2, 0) is 6.42 Å². The first-order chi connectivity index (χ1) is 9.16. The molecule has 2 N–H and O–H groups in total. The minimum absolute atomic E-state index is 0.0896. The summed E-state index contributed by atoms with van der Waals surface area (Å²) < 4.78 is 32.2. The van der Waals surface area contributed by atoms with Crippen LogP contribution in [0.15, 0.2) is 42.5 Å². The molecule has 2 atom stereocenters. The van der Waals surface area contributed by atoms with Crippen molar-refractivity contribution in [2.24, 2.45) is 5.73 Å². The van der Waals surface area contributed by atoms with Gasteiger partial charge in [0.2, 0.25) is 5.82 Å². The van der Waals surface area contributed by atoms with Crippen LogP contribution in [0.5, 0.6) is 5.75 Å². The van der Waals surface area contributed by atoms with E-state index < -0.39 is 11.6 Å². The Kier molecular flexibility index (Phi) is 2.95. The van der Waals surface area contributed by atoms with Gasteiger partial charge in [-0.1, -0.05) is 30.3 Å². The van der Waals surface area contributed by atoms with E-state index in [9.17, 15) is 8.78 Å². The summed E-state index contributed by atoms with van der Waals surface area (Å²) in [6.07, 6.45) is 0.238. The highest BCUT2D eigenvalue weighted by Gasteiger charge is 2.31. The van der Waals surface area contributed by atoms with Crippen molar-refractivity contribution in [3.05, 3.63) is 65.2 Å². The molecule has 0 saturated heterocycles. The van der Waals surface area contributed by atoms with Crippen LogP contribution >= 0.6 is 0 Å². The van der Waals surface area contributed by atoms with Crippen LogP contribution in [-0.4, -0.2) is 6.10 Å². The maximum Gasteiger partial charge on any atom is 0.200 e. The Hall–Kier alpha value is -1.94. The zero-order valence-corrected chi connectivity index (χ0v) is 10.1. The highest BCUT2D eigenvalue weighted by molar-refractivity contribution is 5.37. The first-order valence-corrected chi connectivity index (χ1v) is 6.11. The standard InChI is InChI=1S/C15H13F2NO/c16-11-6-3-7-12(14(11)17)19-13-8-9-4-1-2-5-10(9)15(13)18/h1-7,13,15H,8,18H2. The minimum Gasteiger partial charge on any atom is -0.485 e. The van der Waals surface area contributed by atoms with Gasteiger partial charge >= 0.3 is 0 Å². The summed E-state index contributed by atoms with van der Waals surface area (Å²) in [5.41, 5.74) is 8.18. The molecule has 4 heteroatoms. The second kappa shape index (κ2) is 4.63. The van der Waals surface area contributed by atoms with Gasteiger partial charge in [0.05, 0.1) is 6.04 Å². The summed E-state index contributed by atoms with van der Waals surface area (Å²) in [7, 11) is 0. The minimum atomic E-state index is -0.967. The molecule has 2 nitrogen and oxygen atoms in total. The number of fused-ring (bicyclic) bond motifs is 1. The van der Waals surface area contributed by atoms with E-state index in [2.05, 4.69) is 0 Å². The Morgan fingerprint density at radius 2 is 1.84 bits per heavy atom. The molecule has 19 heavy (non-hydrogen) atoms. The van der Waals surface area contributed by atoms with Crippen molar-refractivity contribution in [2.45, 2.75) is 18.6 Å². The lowest BCUT2D eigenvalue weighted by Crippen LogP contribution is -2.28. The number of rotatable bonds is 2. The van der Waals surface area contributed by atoms with Gasteiger partial charge in [0, 0.05) is 6.42 Å². The van der Waals surface area contributed by atoms with Crippen molar-refractivity contribution in [3.63, 3.8) is 0 Å². The summed E-state index contributed by atoms with van der Waals surface area (Å²) in [5.74, 6) is -1.97. The molecular formula is C15H13F2NO. The van der Waals surface area contributed by atoms with Crippen LogP contribution in [0.2, 0.25) is 0 Å². The second-order valence-corrected chi connectivity index (χ2v) is 4.64. The van der Waals surface area contributed by atoms with Gasteiger partial charge in [-0.2, -0.15) is 4.39 Å². The Labute approximate surface area is 109 Å². The lowest BCUT2D eigenvalue weighted by molar-refractivity contribution is 0.175. The normalized spacial score (nSPS) is 21.2. The molecule has 0 radical (unpaired) electrons. The fourth-order valence-electron chi connectivity index (χ4n) is 2.44. The number of benzene rings is 2. The van der Waals surface area contributed by atoms with Crippen molar-refractivity contribution < 1.29 is 13.5 Å². The number of ether oxygens (including phenoxy) is 1. The summed E-state index contributed by atoms with van der Waals surface area (Å²) in [6, 6.07) is 11.3. The van der Waals surface area contributed by atoms with E-state index in [-0.39, 0.29) is 17.9 Å². The molecule has 0 amide bonds. The van der Waals surface area contributed by atoms with Crippen molar-refractivity contribution in [1.29, 1.82) is 0 Å². The fraction of sp³-hybridized carbons (Fsp3) is 0.200. The molecule has 0 aromatic heterocycles. The number of halogens is 2. The van der Waals surface area contributed by atoms with Gasteiger partial charge in [-0.3, -0.25) is 0 Å². The van der Waals surface area contributed by atoms with Gasteiger partial charge in [0.25, 0.3) is 0 Å². The van der Waals surface area contributed by atoms with E-state index in [4.69, 9.17) is 10.5 Å². The molecular weight excluding hydrogens is 248 g/mol. The Balaban J connectivity index is 1.85. The van der Waals surface area contributed by atoms with E-state index in [0.717, 1.165) is 17.2 Å². The van der Waals surface area contributed by atoms with Gasteiger partial charge in [-0.05, 0) is 23.3 Å². The zero-order valence-electron chi connectivity index (χ0n) is 10.1. The molecule has 2 unspecified atom stereocenters. The molecule has 1 aliphatic carbocycles. The van der Waals surface area contributed by atoms with Gasteiger partial charge in [0.1, 0.15) is 6.10 Å². The Bertz CT molecular complexity index is 615.